The first-order chi connectivity index (χ1) is 12.9. The molecule has 27 heavy (non-hydrogen) atoms. The van der Waals surface area contributed by atoms with Gasteiger partial charge in [0.15, 0.2) is 0 Å². The van der Waals surface area contributed by atoms with Crippen LogP contribution in [0.15, 0.2) is 54.6 Å². The molecule has 0 amide bonds. The molecule has 0 saturated heterocycles. The first-order valence-electron chi connectivity index (χ1n) is 8.71. The normalized spacial score (nSPS) is 12.5. The van der Waals surface area contributed by atoms with Crippen LogP contribution in [0.25, 0.3) is 0 Å². The zero-order valence-electron chi connectivity index (χ0n) is 15.6. The number of carbonyl (C=O) groups excluding carboxylic acids is 1. The number of ether oxygens (including phenoxy) is 1. The van der Waals surface area contributed by atoms with E-state index in [2.05, 4.69) is 13.6 Å². The summed E-state index contributed by atoms with van der Waals surface area (Å²) in [7, 11) is -1.31. The minimum atomic E-state index is -3.83. The van der Waals surface area contributed by atoms with Crippen LogP contribution in [-0.4, -0.2) is 28.6 Å². The van der Waals surface area contributed by atoms with Crippen LogP contribution in [0.2, 0.25) is 0 Å². The Hall–Kier alpha value is -2.22. The molecule has 0 aliphatic rings. The predicted molar refractivity (Wildman–Crippen MR) is 103 cm³/mol. The molecule has 1 atom stereocenters. The van der Waals surface area contributed by atoms with Gasteiger partial charge in [-0.3, -0.25) is 8.98 Å². The second-order valence-electron chi connectivity index (χ2n) is 6.15. The van der Waals surface area contributed by atoms with Gasteiger partial charge in [0.05, 0.1) is 20.3 Å². The van der Waals surface area contributed by atoms with Gasteiger partial charge in [0.1, 0.15) is 0 Å². The van der Waals surface area contributed by atoms with Crippen LogP contribution < -0.4 is 4.72 Å². The molecule has 0 aromatic heterocycles. The van der Waals surface area contributed by atoms with Gasteiger partial charge in [-0.15, -0.1) is 0 Å². The van der Waals surface area contributed by atoms with Gasteiger partial charge in [-0.1, -0.05) is 54.6 Å². The third kappa shape index (κ3) is 7.13. The Morgan fingerprint density at radius 1 is 1.00 bits per heavy atom. The highest BCUT2D eigenvalue weighted by Crippen LogP contribution is 2.21. The average Bonchev–Trinajstić information content (AvgIpc) is 2.68. The SMILES string of the molecule is COC(=O)CCCc1ccc(C(Cc2ccccc2)NS(=O)(=O)OC)cc1. The van der Waals surface area contributed by atoms with Crippen molar-refractivity contribution in [3.8, 4) is 0 Å². The Bertz CT molecular complexity index is 819. The Morgan fingerprint density at radius 3 is 2.26 bits per heavy atom. The van der Waals surface area contributed by atoms with Gasteiger partial charge in [-0.2, -0.15) is 13.1 Å². The number of carbonyl (C=O) groups is 1. The molecule has 0 spiro atoms. The smallest absolute Gasteiger partial charge is 0.336 e. The van der Waals surface area contributed by atoms with E-state index in [0.29, 0.717) is 19.3 Å². The summed E-state index contributed by atoms with van der Waals surface area (Å²) in [4.78, 5) is 11.2. The van der Waals surface area contributed by atoms with Crippen LogP contribution in [0.5, 0.6) is 0 Å². The Kier molecular flexibility index (Phi) is 7.97. The molecule has 1 unspecified atom stereocenters. The Morgan fingerprint density at radius 2 is 1.67 bits per heavy atom. The monoisotopic (exact) mass is 391 g/mol. The van der Waals surface area contributed by atoms with Crippen molar-refractivity contribution in [3.63, 3.8) is 0 Å². The van der Waals surface area contributed by atoms with Crippen LogP contribution in [0.1, 0.15) is 35.6 Å². The number of nitrogens with one attached hydrogen (secondary N) is 1. The molecule has 2 aromatic rings. The van der Waals surface area contributed by atoms with Crippen LogP contribution in [-0.2, 0) is 36.9 Å². The summed E-state index contributed by atoms with van der Waals surface area (Å²) in [5.74, 6) is -0.219. The van der Waals surface area contributed by atoms with Gasteiger partial charge in [-0.25, -0.2) is 0 Å². The van der Waals surface area contributed by atoms with Crippen molar-refractivity contribution < 1.29 is 22.1 Å². The molecule has 146 valence electrons. The van der Waals surface area contributed by atoms with Crippen molar-refractivity contribution in [1.29, 1.82) is 0 Å². The maximum absolute atomic E-state index is 11.9. The third-order valence-electron chi connectivity index (χ3n) is 4.24. The highest BCUT2D eigenvalue weighted by Gasteiger charge is 2.19. The van der Waals surface area contributed by atoms with Gasteiger partial charge in [0.25, 0.3) is 0 Å². The first-order valence-corrected chi connectivity index (χ1v) is 10.1. The minimum absolute atomic E-state index is 0.219. The molecule has 2 aromatic carbocycles. The zero-order chi connectivity index (χ0) is 19.7. The van der Waals surface area contributed by atoms with Gasteiger partial charge >= 0.3 is 16.3 Å². The van der Waals surface area contributed by atoms with Crippen molar-refractivity contribution in [2.75, 3.05) is 14.2 Å². The van der Waals surface area contributed by atoms with Crippen molar-refractivity contribution in [2.45, 2.75) is 31.7 Å². The van der Waals surface area contributed by atoms with Crippen LogP contribution in [0.3, 0.4) is 0 Å². The summed E-state index contributed by atoms with van der Waals surface area (Å²) in [5, 5.41) is 0. The Labute approximate surface area is 160 Å². The van der Waals surface area contributed by atoms with Crippen molar-refractivity contribution in [3.05, 3.63) is 71.3 Å². The molecular formula is C20H25NO5S. The van der Waals surface area contributed by atoms with E-state index >= 15 is 0 Å². The number of methoxy groups -OCH3 is 1. The van der Waals surface area contributed by atoms with Gasteiger partial charge in [0, 0.05) is 6.42 Å². The lowest BCUT2D eigenvalue weighted by Crippen LogP contribution is -2.30. The molecule has 0 radical (unpaired) electrons. The summed E-state index contributed by atoms with van der Waals surface area (Å²) < 4.78 is 35.6. The molecular weight excluding hydrogens is 366 g/mol. The molecule has 0 aliphatic heterocycles. The van der Waals surface area contributed by atoms with Gasteiger partial charge in [0.2, 0.25) is 0 Å². The second kappa shape index (κ2) is 10.2. The van der Waals surface area contributed by atoms with Crippen LogP contribution in [0.4, 0.5) is 0 Å². The summed E-state index contributed by atoms with van der Waals surface area (Å²) in [6.07, 6.45) is 2.34. The molecule has 0 heterocycles. The van der Waals surface area contributed by atoms with Gasteiger partial charge < -0.3 is 4.74 Å². The largest absolute Gasteiger partial charge is 0.469 e. The molecule has 0 aliphatic carbocycles. The fourth-order valence-corrected chi connectivity index (χ4v) is 3.42. The number of aryl methyl sites for hydroxylation is 1. The zero-order valence-corrected chi connectivity index (χ0v) is 16.4. The lowest BCUT2D eigenvalue weighted by Gasteiger charge is -2.19. The Balaban J connectivity index is 2.11. The lowest BCUT2D eigenvalue weighted by molar-refractivity contribution is -0.140. The maximum Gasteiger partial charge on any atom is 0.336 e. The number of rotatable bonds is 10. The lowest BCUT2D eigenvalue weighted by atomic mass is 9.98. The van der Waals surface area contributed by atoms with Gasteiger partial charge in [-0.05, 0) is 36.0 Å². The van der Waals surface area contributed by atoms with Crippen molar-refractivity contribution in [1.82, 2.24) is 4.72 Å². The topological polar surface area (TPSA) is 81.7 Å². The molecule has 0 saturated carbocycles. The van der Waals surface area contributed by atoms with Crippen molar-refractivity contribution >= 4 is 16.3 Å². The number of hydrogen-bond acceptors (Lipinski definition) is 5. The fraction of sp³-hybridized carbons (Fsp3) is 0.350. The van der Waals surface area contributed by atoms with E-state index in [4.69, 9.17) is 0 Å². The highest BCUT2D eigenvalue weighted by atomic mass is 32.2. The van der Waals surface area contributed by atoms with Crippen molar-refractivity contribution in [2.24, 2.45) is 0 Å². The molecule has 7 heteroatoms. The van der Waals surface area contributed by atoms with E-state index in [1.54, 1.807) is 0 Å². The van der Waals surface area contributed by atoms with E-state index in [1.165, 1.54) is 7.11 Å². The summed E-state index contributed by atoms with van der Waals surface area (Å²) in [6, 6.07) is 16.9. The number of hydrogen-bond donors (Lipinski definition) is 1. The van der Waals surface area contributed by atoms with E-state index < -0.39 is 16.3 Å². The maximum atomic E-state index is 11.9. The first kappa shape index (κ1) is 21.1. The van der Waals surface area contributed by atoms with Crippen LogP contribution >= 0.6 is 0 Å². The standard InChI is InChI=1S/C20H25NO5S/c1-25-20(22)10-6-9-16-11-13-18(14-12-16)19(21-27(23,24)26-2)15-17-7-4-3-5-8-17/h3-5,7-8,11-14,19,21H,6,9-10,15H2,1-2H3. The molecule has 0 bridgehead atoms. The predicted octanol–water partition coefficient (Wildman–Crippen LogP) is 2.95. The number of benzene rings is 2. The summed E-state index contributed by atoms with van der Waals surface area (Å²) >= 11 is 0. The minimum Gasteiger partial charge on any atom is -0.469 e. The van der Waals surface area contributed by atoms with E-state index in [0.717, 1.165) is 30.2 Å². The molecule has 2 rings (SSSR count). The van der Waals surface area contributed by atoms with E-state index in [-0.39, 0.29) is 5.97 Å². The highest BCUT2D eigenvalue weighted by molar-refractivity contribution is 7.84. The molecule has 0 fully saturated rings. The van der Waals surface area contributed by atoms with Crippen LogP contribution in [0, 0.1) is 0 Å². The summed E-state index contributed by atoms with van der Waals surface area (Å²) in [5.41, 5.74) is 2.94. The molecule has 6 nitrogen and oxygen atoms in total. The molecule has 1 N–H and O–H groups in total. The quantitative estimate of drug-likeness (QED) is 0.630. The average molecular weight is 391 g/mol. The van der Waals surface area contributed by atoms with E-state index in [1.807, 2.05) is 54.6 Å². The second-order valence-corrected chi connectivity index (χ2v) is 7.63. The summed E-state index contributed by atoms with van der Waals surface area (Å²) in [6.45, 7) is 0. The fourth-order valence-electron chi connectivity index (χ4n) is 2.76. The van der Waals surface area contributed by atoms with E-state index in [9.17, 15) is 13.2 Å². The third-order valence-corrected chi connectivity index (χ3v) is 5.26. The number of esters is 1.